The second-order valence-electron chi connectivity index (χ2n) is 7.26. The molecule has 2 heterocycles. The van der Waals surface area contributed by atoms with Gasteiger partial charge in [0.1, 0.15) is 5.69 Å². The molecule has 0 spiro atoms. The summed E-state index contributed by atoms with van der Waals surface area (Å²) in [5.74, 6) is 1.29. The van der Waals surface area contributed by atoms with Crippen molar-refractivity contribution in [3.63, 3.8) is 0 Å². The first-order chi connectivity index (χ1) is 15.7. The molecule has 32 heavy (non-hydrogen) atoms. The molecular weight excluding hydrogens is 422 g/mol. The number of methoxy groups -OCH3 is 1. The van der Waals surface area contributed by atoms with E-state index in [0.29, 0.717) is 18.0 Å². The molecule has 6 nitrogen and oxygen atoms in total. The van der Waals surface area contributed by atoms with Crippen molar-refractivity contribution in [3.05, 3.63) is 83.9 Å². The van der Waals surface area contributed by atoms with Crippen LogP contribution in [0.4, 0.5) is 0 Å². The lowest BCUT2D eigenvalue weighted by molar-refractivity contribution is -0.130. The van der Waals surface area contributed by atoms with E-state index in [1.165, 1.54) is 0 Å². The van der Waals surface area contributed by atoms with Crippen LogP contribution < -0.4 is 9.47 Å². The van der Waals surface area contributed by atoms with Crippen LogP contribution in [-0.2, 0) is 11.3 Å². The molecule has 0 aliphatic carbocycles. The Balaban J connectivity index is 1.44. The third kappa shape index (κ3) is 5.00. The third-order valence-corrected chi connectivity index (χ3v) is 5.92. The molecule has 0 radical (unpaired) electrons. The van der Waals surface area contributed by atoms with Crippen molar-refractivity contribution in [2.75, 3.05) is 20.8 Å². The summed E-state index contributed by atoms with van der Waals surface area (Å²) in [6.45, 7) is 0.748. The van der Waals surface area contributed by atoms with Gasteiger partial charge in [-0.05, 0) is 35.7 Å². The number of hydrogen-bond acceptors (Lipinski definition) is 5. The molecule has 2 aromatic heterocycles. The van der Waals surface area contributed by atoms with Gasteiger partial charge in [0.15, 0.2) is 11.5 Å². The largest absolute Gasteiger partial charge is 0.493 e. The fourth-order valence-electron chi connectivity index (χ4n) is 3.38. The summed E-state index contributed by atoms with van der Waals surface area (Å²) < 4.78 is 12.9. The normalized spacial score (nSPS) is 10.7. The van der Waals surface area contributed by atoms with Gasteiger partial charge in [-0.3, -0.25) is 4.79 Å². The van der Waals surface area contributed by atoms with Crippen molar-refractivity contribution in [3.8, 4) is 27.8 Å². The summed E-state index contributed by atoms with van der Waals surface area (Å²) in [6.07, 6.45) is 2.27. The predicted molar refractivity (Wildman–Crippen MR) is 126 cm³/mol. The zero-order chi connectivity index (χ0) is 22.3. The maximum absolute atomic E-state index is 12.8. The fourth-order valence-corrected chi connectivity index (χ4v) is 4.12. The molecular formula is C25H25N3O3S. The van der Waals surface area contributed by atoms with Crippen LogP contribution in [0.5, 0.6) is 11.5 Å². The molecule has 0 aliphatic rings. The molecule has 7 heteroatoms. The molecule has 4 rings (SSSR count). The van der Waals surface area contributed by atoms with Gasteiger partial charge in [0.05, 0.1) is 30.7 Å². The first kappa shape index (κ1) is 21.6. The molecule has 0 aliphatic heterocycles. The summed E-state index contributed by atoms with van der Waals surface area (Å²) in [7, 11) is 3.41. The Morgan fingerprint density at radius 2 is 1.78 bits per heavy atom. The first-order valence-corrected chi connectivity index (χ1v) is 11.2. The van der Waals surface area contributed by atoms with Crippen molar-refractivity contribution in [1.29, 1.82) is 0 Å². The van der Waals surface area contributed by atoms with E-state index in [9.17, 15) is 4.79 Å². The van der Waals surface area contributed by atoms with Crippen molar-refractivity contribution >= 4 is 17.2 Å². The number of nitrogens with zero attached hydrogens (tertiary/aromatic N) is 3. The smallest absolute Gasteiger partial charge is 0.226 e. The van der Waals surface area contributed by atoms with Crippen LogP contribution in [0.15, 0.2) is 78.3 Å². The van der Waals surface area contributed by atoms with E-state index < -0.39 is 0 Å². The molecule has 0 fully saturated rings. The Morgan fingerprint density at radius 1 is 1.03 bits per heavy atom. The summed E-state index contributed by atoms with van der Waals surface area (Å²) in [5, 5.41) is 6.84. The SMILES string of the molecule is COc1ccccc1OCCC(=O)N(C)Cc1cn(-c2ccccc2)nc1-c1cccs1. The van der Waals surface area contributed by atoms with Gasteiger partial charge in [-0.2, -0.15) is 5.10 Å². The number of thiophene rings is 1. The Bertz CT molecular complexity index is 1160. The number of carbonyl (C=O) groups is 1. The minimum absolute atomic E-state index is 0.00416. The molecule has 1 amide bonds. The molecule has 164 valence electrons. The van der Waals surface area contributed by atoms with Crippen LogP contribution >= 0.6 is 11.3 Å². The van der Waals surface area contributed by atoms with Crippen molar-refractivity contribution in [2.24, 2.45) is 0 Å². The lowest BCUT2D eigenvalue weighted by Crippen LogP contribution is -2.27. The summed E-state index contributed by atoms with van der Waals surface area (Å²) in [6, 6.07) is 21.5. The number of amides is 1. The van der Waals surface area contributed by atoms with Crippen molar-refractivity contribution in [1.82, 2.24) is 14.7 Å². The number of benzene rings is 2. The van der Waals surface area contributed by atoms with Gasteiger partial charge >= 0.3 is 0 Å². The Morgan fingerprint density at radius 3 is 2.50 bits per heavy atom. The van der Waals surface area contributed by atoms with Crippen molar-refractivity contribution in [2.45, 2.75) is 13.0 Å². The Kier molecular flexibility index (Phi) is 6.87. The highest BCUT2D eigenvalue weighted by molar-refractivity contribution is 7.13. The van der Waals surface area contributed by atoms with Crippen LogP contribution in [0.2, 0.25) is 0 Å². The maximum atomic E-state index is 12.8. The summed E-state index contributed by atoms with van der Waals surface area (Å²) >= 11 is 1.64. The molecule has 0 bridgehead atoms. The molecule has 0 saturated heterocycles. The number of ether oxygens (including phenoxy) is 2. The highest BCUT2D eigenvalue weighted by atomic mass is 32.1. The molecule has 2 aromatic carbocycles. The van der Waals surface area contributed by atoms with E-state index in [4.69, 9.17) is 14.6 Å². The van der Waals surface area contributed by atoms with Crippen LogP contribution in [0.3, 0.4) is 0 Å². The molecule has 4 aromatic rings. The maximum Gasteiger partial charge on any atom is 0.226 e. The lowest BCUT2D eigenvalue weighted by atomic mass is 10.2. The number of rotatable bonds is 9. The second kappa shape index (κ2) is 10.2. The number of para-hydroxylation sites is 3. The number of hydrogen-bond donors (Lipinski definition) is 0. The van der Waals surface area contributed by atoms with Gasteiger partial charge in [-0.1, -0.05) is 36.4 Å². The van der Waals surface area contributed by atoms with E-state index in [2.05, 4.69) is 6.07 Å². The first-order valence-electron chi connectivity index (χ1n) is 10.3. The fraction of sp³-hybridized carbons (Fsp3) is 0.200. The van der Waals surface area contributed by atoms with Gasteiger partial charge in [0, 0.05) is 25.4 Å². The van der Waals surface area contributed by atoms with E-state index in [1.807, 2.05) is 84.0 Å². The molecule has 0 N–H and O–H groups in total. The quantitative estimate of drug-likeness (QED) is 0.361. The number of carbonyl (C=O) groups excluding carboxylic acids is 1. The third-order valence-electron chi connectivity index (χ3n) is 5.04. The average Bonchev–Trinajstić information content (AvgIpc) is 3.50. The summed E-state index contributed by atoms with van der Waals surface area (Å²) in [4.78, 5) is 15.6. The predicted octanol–water partition coefficient (Wildman–Crippen LogP) is 5.04. The van der Waals surface area contributed by atoms with Crippen LogP contribution in [0.1, 0.15) is 12.0 Å². The Labute approximate surface area is 191 Å². The van der Waals surface area contributed by atoms with Gasteiger partial charge in [-0.25, -0.2) is 4.68 Å². The topological polar surface area (TPSA) is 56.6 Å². The highest BCUT2D eigenvalue weighted by Gasteiger charge is 2.17. The van der Waals surface area contributed by atoms with Gasteiger partial charge in [-0.15, -0.1) is 11.3 Å². The minimum atomic E-state index is 0.00416. The molecule has 0 unspecified atom stereocenters. The minimum Gasteiger partial charge on any atom is -0.493 e. The molecule has 0 saturated carbocycles. The van der Waals surface area contributed by atoms with Gasteiger partial charge in [0.25, 0.3) is 0 Å². The monoisotopic (exact) mass is 447 g/mol. The van der Waals surface area contributed by atoms with E-state index in [1.54, 1.807) is 23.3 Å². The average molecular weight is 448 g/mol. The van der Waals surface area contributed by atoms with E-state index in [-0.39, 0.29) is 18.9 Å². The summed E-state index contributed by atoms with van der Waals surface area (Å²) in [5.41, 5.74) is 2.88. The van der Waals surface area contributed by atoms with Gasteiger partial charge in [0.2, 0.25) is 5.91 Å². The highest BCUT2D eigenvalue weighted by Crippen LogP contribution is 2.29. The van der Waals surface area contributed by atoms with Crippen molar-refractivity contribution < 1.29 is 14.3 Å². The zero-order valence-electron chi connectivity index (χ0n) is 18.1. The number of aromatic nitrogens is 2. The van der Waals surface area contributed by atoms with Crippen LogP contribution in [0.25, 0.3) is 16.3 Å². The second-order valence-corrected chi connectivity index (χ2v) is 8.21. The standard InChI is InChI=1S/C25H25N3O3S/c1-27(24(29)14-15-31-22-12-7-6-11-21(22)30-2)17-19-18-28(20-9-4-3-5-10-20)26-25(19)23-13-8-16-32-23/h3-13,16,18H,14-15,17H2,1-2H3. The van der Waals surface area contributed by atoms with E-state index in [0.717, 1.165) is 21.8 Å². The van der Waals surface area contributed by atoms with Gasteiger partial charge < -0.3 is 14.4 Å². The van der Waals surface area contributed by atoms with Crippen LogP contribution in [-0.4, -0.2) is 41.4 Å². The Hall–Kier alpha value is -3.58. The zero-order valence-corrected chi connectivity index (χ0v) is 18.9. The lowest BCUT2D eigenvalue weighted by Gasteiger charge is -2.17. The van der Waals surface area contributed by atoms with E-state index >= 15 is 0 Å². The van der Waals surface area contributed by atoms with Crippen LogP contribution in [0, 0.1) is 0 Å². The molecule has 0 atom stereocenters.